The van der Waals surface area contributed by atoms with Gasteiger partial charge in [0, 0.05) is 30.0 Å². The van der Waals surface area contributed by atoms with Gasteiger partial charge in [-0.2, -0.15) is 0 Å². The quantitative estimate of drug-likeness (QED) is 0.518. The normalized spacial score (nSPS) is 11.8. The number of pyridine rings is 1. The van der Waals surface area contributed by atoms with Gasteiger partial charge in [0.1, 0.15) is 5.82 Å². The van der Waals surface area contributed by atoms with E-state index in [1.165, 1.54) is 12.1 Å². The summed E-state index contributed by atoms with van der Waals surface area (Å²) in [6, 6.07) is 8.33. The molecule has 2 rings (SSSR count). The van der Waals surface area contributed by atoms with Gasteiger partial charge in [0.05, 0.1) is 10.4 Å². The van der Waals surface area contributed by atoms with Gasteiger partial charge in [-0.15, -0.1) is 12.3 Å². The van der Waals surface area contributed by atoms with Gasteiger partial charge in [-0.25, -0.2) is 4.98 Å². The van der Waals surface area contributed by atoms with Crippen LogP contribution in [0.25, 0.3) is 10.9 Å². The van der Waals surface area contributed by atoms with Gasteiger partial charge in [0.2, 0.25) is 0 Å². The number of benzene rings is 1. The number of anilines is 1. The van der Waals surface area contributed by atoms with Crippen LogP contribution in [0.4, 0.5) is 11.5 Å². The average molecular weight is 255 g/mol. The Kier molecular flexibility index (Phi) is 3.62. The van der Waals surface area contributed by atoms with E-state index in [-0.39, 0.29) is 11.7 Å². The summed E-state index contributed by atoms with van der Waals surface area (Å²) in [5, 5.41) is 14.6. The van der Waals surface area contributed by atoms with Crippen LogP contribution in [-0.2, 0) is 0 Å². The van der Waals surface area contributed by atoms with Crippen LogP contribution >= 0.6 is 0 Å². The molecule has 1 heterocycles. The summed E-state index contributed by atoms with van der Waals surface area (Å²) in [4.78, 5) is 14.7. The molecule has 1 aromatic carbocycles. The van der Waals surface area contributed by atoms with Gasteiger partial charge in [-0.05, 0) is 25.1 Å². The molecule has 0 aliphatic heterocycles. The van der Waals surface area contributed by atoms with Crippen LogP contribution in [0.1, 0.15) is 13.3 Å². The average Bonchev–Trinajstić information content (AvgIpc) is 2.38. The van der Waals surface area contributed by atoms with E-state index in [9.17, 15) is 10.1 Å². The number of non-ortho nitro benzene ring substituents is 1. The maximum absolute atomic E-state index is 10.7. The molecular weight excluding hydrogens is 242 g/mol. The van der Waals surface area contributed by atoms with E-state index in [1.54, 1.807) is 18.2 Å². The lowest BCUT2D eigenvalue weighted by molar-refractivity contribution is -0.384. The fourth-order valence-corrected chi connectivity index (χ4v) is 1.79. The van der Waals surface area contributed by atoms with Crippen molar-refractivity contribution in [3.63, 3.8) is 0 Å². The Bertz CT molecular complexity index is 661. The summed E-state index contributed by atoms with van der Waals surface area (Å²) in [7, 11) is 0. The number of nitro benzene ring substituents is 1. The third kappa shape index (κ3) is 2.99. The minimum absolute atomic E-state index is 0.0655. The van der Waals surface area contributed by atoms with Crippen LogP contribution in [-0.4, -0.2) is 15.9 Å². The summed E-state index contributed by atoms with van der Waals surface area (Å²) >= 11 is 0. The molecule has 0 aliphatic rings. The lowest BCUT2D eigenvalue weighted by Crippen LogP contribution is -2.14. The van der Waals surface area contributed by atoms with Crippen LogP contribution in [0.5, 0.6) is 0 Å². The van der Waals surface area contributed by atoms with E-state index in [0.29, 0.717) is 17.8 Å². The molecule has 1 atom stereocenters. The van der Waals surface area contributed by atoms with Crippen molar-refractivity contribution in [1.82, 2.24) is 4.98 Å². The maximum atomic E-state index is 10.7. The van der Waals surface area contributed by atoms with Crippen molar-refractivity contribution >= 4 is 22.4 Å². The lowest BCUT2D eigenvalue weighted by Gasteiger charge is -2.11. The van der Waals surface area contributed by atoms with Gasteiger partial charge in [-0.3, -0.25) is 10.1 Å². The molecule has 0 radical (unpaired) electrons. The lowest BCUT2D eigenvalue weighted by atomic mass is 10.2. The summed E-state index contributed by atoms with van der Waals surface area (Å²) in [5.74, 6) is 3.29. The van der Waals surface area contributed by atoms with E-state index in [2.05, 4.69) is 16.2 Å². The zero-order valence-electron chi connectivity index (χ0n) is 10.5. The van der Waals surface area contributed by atoms with Crippen LogP contribution in [0, 0.1) is 22.5 Å². The van der Waals surface area contributed by atoms with E-state index in [1.807, 2.05) is 6.92 Å². The van der Waals surface area contributed by atoms with Crippen molar-refractivity contribution in [2.24, 2.45) is 0 Å². The summed E-state index contributed by atoms with van der Waals surface area (Å²) < 4.78 is 0. The zero-order chi connectivity index (χ0) is 13.8. The van der Waals surface area contributed by atoms with Crippen molar-refractivity contribution in [3.8, 4) is 12.3 Å². The fourth-order valence-electron chi connectivity index (χ4n) is 1.79. The number of aromatic nitrogens is 1. The van der Waals surface area contributed by atoms with Crippen molar-refractivity contribution in [2.45, 2.75) is 19.4 Å². The van der Waals surface area contributed by atoms with Gasteiger partial charge in [0.25, 0.3) is 5.69 Å². The Balaban J connectivity index is 2.29. The number of rotatable bonds is 4. The third-order valence-corrected chi connectivity index (χ3v) is 2.70. The third-order valence-electron chi connectivity index (χ3n) is 2.70. The summed E-state index contributed by atoms with van der Waals surface area (Å²) in [6.07, 6.45) is 5.86. The molecule has 96 valence electrons. The summed E-state index contributed by atoms with van der Waals surface area (Å²) in [5.41, 5.74) is 0.777. The largest absolute Gasteiger partial charge is 0.367 e. The molecule has 0 spiro atoms. The van der Waals surface area contributed by atoms with Crippen LogP contribution in [0.3, 0.4) is 0 Å². The second kappa shape index (κ2) is 5.36. The molecule has 5 heteroatoms. The molecule has 2 aromatic rings. The number of fused-ring (bicyclic) bond motifs is 1. The molecule has 1 N–H and O–H groups in total. The molecule has 0 amide bonds. The second-order valence-corrected chi connectivity index (χ2v) is 4.28. The van der Waals surface area contributed by atoms with E-state index in [4.69, 9.17) is 6.42 Å². The molecule has 0 bridgehead atoms. The summed E-state index contributed by atoms with van der Waals surface area (Å²) in [6.45, 7) is 1.97. The Morgan fingerprint density at radius 2 is 2.26 bits per heavy atom. The van der Waals surface area contributed by atoms with Gasteiger partial charge in [-0.1, -0.05) is 0 Å². The predicted octanol–water partition coefficient (Wildman–Crippen LogP) is 2.97. The van der Waals surface area contributed by atoms with E-state index >= 15 is 0 Å². The minimum atomic E-state index is -0.416. The van der Waals surface area contributed by atoms with Gasteiger partial charge in [0.15, 0.2) is 0 Å². The molecule has 5 nitrogen and oxygen atoms in total. The Morgan fingerprint density at radius 1 is 1.47 bits per heavy atom. The first kappa shape index (κ1) is 12.8. The standard InChI is InChI=1S/C14H13N3O2/c1-3-4-10(2)15-14-8-5-11-9-12(17(18)19)6-7-13(11)16-14/h1,5-10H,4H2,2H3,(H,15,16). The van der Waals surface area contributed by atoms with Gasteiger partial charge < -0.3 is 5.32 Å². The predicted molar refractivity (Wildman–Crippen MR) is 74.9 cm³/mol. The molecule has 0 saturated carbocycles. The molecule has 0 aliphatic carbocycles. The SMILES string of the molecule is C#CCC(C)Nc1ccc2cc([N+](=O)[O-])ccc2n1. The van der Waals surface area contributed by atoms with Crippen molar-refractivity contribution in [1.29, 1.82) is 0 Å². The zero-order valence-corrected chi connectivity index (χ0v) is 10.5. The fraction of sp³-hybridized carbons (Fsp3) is 0.214. The Hall–Kier alpha value is -2.61. The Morgan fingerprint density at radius 3 is 2.95 bits per heavy atom. The number of nitro groups is 1. The highest BCUT2D eigenvalue weighted by Crippen LogP contribution is 2.21. The highest BCUT2D eigenvalue weighted by molar-refractivity contribution is 5.82. The highest BCUT2D eigenvalue weighted by atomic mass is 16.6. The van der Waals surface area contributed by atoms with Gasteiger partial charge >= 0.3 is 0 Å². The highest BCUT2D eigenvalue weighted by Gasteiger charge is 2.08. The van der Waals surface area contributed by atoms with Crippen LogP contribution in [0.2, 0.25) is 0 Å². The second-order valence-electron chi connectivity index (χ2n) is 4.28. The molecule has 0 fully saturated rings. The molecule has 1 aromatic heterocycles. The molecular formula is C14H13N3O2. The monoisotopic (exact) mass is 255 g/mol. The number of hydrogen-bond donors (Lipinski definition) is 1. The topological polar surface area (TPSA) is 68.1 Å². The van der Waals surface area contributed by atoms with E-state index < -0.39 is 4.92 Å². The van der Waals surface area contributed by atoms with Crippen molar-refractivity contribution in [2.75, 3.05) is 5.32 Å². The first-order valence-electron chi connectivity index (χ1n) is 5.85. The number of nitrogens with one attached hydrogen (secondary N) is 1. The first-order valence-corrected chi connectivity index (χ1v) is 5.85. The first-order chi connectivity index (χ1) is 9.10. The number of nitrogens with zero attached hydrogens (tertiary/aromatic N) is 2. The van der Waals surface area contributed by atoms with Crippen molar-refractivity contribution in [3.05, 3.63) is 40.4 Å². The van der Waals surface area contributed by atoms with Crippen LogP contribution in [0.15, 0.2) is 30.3 Å². The maximum Gasteiger partial charge on any atom is 0.270 e. The smallest absolute Gasteiger partial charge is 0.270 e. The van der Waals surface area contributed by atoms with Crippen LogP contribution < -0.4 is 5.32 Å². The molecule has 0 saturated heterocycles. The minimum Gasteiger partial charge on any atom is -0.367 e. The number of terminal acetylenes is 1. The number of hydrogen-bond acceptors (Lipinski definition) is 4. The van der Waals surface area contributed by atoms with Crippen molar-refractivity contribution < 1.29 is 4.92 Å². The molecule has 19 heavy (non-hydrogen) atoms. The Labute approximate surface area is 110 Å². The van der Waals surface area contributed by atoms with E-state index in [0.717, 1.165) is 5.39 Å². The molecule has 1 unspecified atom stereocenters.